The Morgan fingerprint density at radius 1 is 1.35 bits per heavy atom. The van der Waals surface area contributed by atoms with Gasteiger partial charge in [0.05, 0.1) is 12.3 Å². The topological polar surface area (TPSA) is 79.4 Å². The molecule has 2 N–H and O–H groups in total. The number of esters is 1. The minimum absolute atomic E-state index is 0.220. The second-order valence-electron chi connectivity index (χ2n) is 4.07. The maximum atomic E-state index is 11.7. The lowest BCUT2D eigenvalue weighted by atomic mass is 10.3. The molecule has 106 valence electrons. The maximum absolute atomic E-state index is 11.7. The zero-order valence-corrected chi connectivity index (χ0v) is 11.3. The van der Waals surface area contributed by atoms with Gasteiger partial charge in [0, 0.05) is 18.5 Å². The number of ether oxygens (including phenoxy) is 2. The largest absolute Gasteiger partial charge is 0.458 e. The Balaban J connectivity index is 2.00. The van der Waals surface area contributed by atoms with Crippen LogP contribution in [0.2, 0.25) is 0 Å². The predicted octanol–water partition coefficient (Wildman–Crippen LogP) is 1.65. The molecule has 6 heteroatoms. The second kappa shape index (κ2) is 6.72. The van der Waals surface area contributed by atoms with Crippen LogP contribution in [0.15, 0.2) is 36.5 Å². The third-order valence-corrected chi connectivity index (χ3v) is 2.60. The molecule has 2 rings (SSSR count). The number of nitrogen functional groups attached to an aromatic ring is 1. The summed E-state index contributed by atoms with van der Waals surface area (Å²) in [6, 6.07) is 8.85. The van der Waals surface area contributed by atoms with Crippen molar-refractivity contribution in [1.29, 1.82) is 0 Å². The van der Waals surface area contributed by atoms with Crippen LogP contribution < -0.4 is 5.73 Å². The number of carbonyl (C=O) groups is 1. The molecule has 0 amide bonds. The lowest BCUT2D eigenvalue weighted by Crippen LogP contribution is -2.11. The molecule has 0 atom stereocenters. The van der Waals surface area contributed by atoms with Crippen molar-refractivity contribution in [3.8, 4) is 5.69 Å². The standard InChI is InChI=1S/C14H17N3O3/c1-2-19-8-9-20-14(18)13-6-7-17(16-13)12-5-3-4-11(15)10-12/h3-7,10H,2,8-9,15H2,1H3. The fourth-order valence-corrected chi connectivity index (χ4v) is 1.66. The summed E-state index contributed by atoms with van der Waals surface area (Å²) in [5.74, 6) is -0.465. The summed E-state index contributed by atoms with van der Waals surface area (Å²) < 4.78 is 11.7. The lowest BCUT2D eigenvalue weighted by Gasteiger charge is -2.03. The van der Waals surface area contributed by atoms with Gasteiger partial charge < -0.3 is 15.2 Å². The summed E-state index contributed by atoms with van der Waals surface area (Å²) in [5.41, 5.74) is 7.39. The normalized spacial score (nSPS) is 10.4. The molecule has 0 aliphatic rings. The highest BCUT2D eigenvalue weighted by molar-refractivity contribution is 5.87. The summed E-state index contributed by atoms with van der Waals surface area (Å²) in [6.45, 7) is 3.09. The van der Waals surface area contributed by atoms with E-state index in [1.165, 1.54) is 0 Å². The number of anilines is 1. The quantitative estimate of drug-likeness (QED) is 0.492. The van der Waals surface area contributed by atoms with Crippen LogP contribution in [0.3, 0.4) is 0 Å². The Morgan fingerprint density at radius 2 is 2.20 bits per heavy atom. The summed E-state index contributed by atoms with van der Waals surface area (Å²) in [6.07, 6.45) is 1.69. The number of nitrogens with two attached hydrogens (primary N) is 1. The molecule has 1 aromatic heterocycles. The Morgan fingerprint density at radius 3 is 2.95 bits per heavy atom. The van der Waals surface area contributed by atoms with Crippen molar-refractivity contribution >= 4 is 11.7 Å². The van der Waals surface area contributed by atoms with E-state index in [1.807, 2.05) is 19.1 Å². The summed E-state index contributed by atoms with van der Waals surface area (Å²) in [4.78, 5) is 11.7. The van der Waals surface area contributed by atoms with Gasteiger partial charge in [-0.15, -0.1) is 0 Å². The van der Waals surface area contributed by atoms with E-state index in [2.05, 4.69) is 5.10 Å². The molecule has 0 unspecified atom stereocenters. The number of carbonyl (C=O) groups excluding carboxylic acids is 1. The van der Waals surface area contributed by atoms with Crippen LogP contribution in [-0.4, -0.2) is 35.6 Å². The van der Waals surface area contributed by atoms with Crippen molar-refractivity contribution in [2.24, 2.45) is 0 Å². The molecule has 6 nitrogen and oxygen atoms in total. The van der Waals surface area contributed by atoms with Crippen LogP contribution in [-0.2, 0) is 9.47 Å². The minimum Gasteiger partial charge on any atom is -0.458 e. The van der Waals surface area contributed by atoms with Crippen LogP contribution in [0, 0.1) is 0 Å². The van der Waals surface area contributed by atoms with Crippen LogP contribution in [0.5, 0.6) is 0 Å². The van der Waals surface area contributed by atoms with Crippen LogP contribution in [0.4, 0.5) is 5.69 Å². The summed E-state index contributed by atoms with van der Waals surface area (Å²) in [5, 5.41) is 4.17. The molecule has 0 radical (unpaired) electrons. The molecule has 20 heavy (non-hydrogen) atoms. The predicted molar refractivity (Wildman–Crippen MR) is 74.8 cm³/mol. The smallest absolute Gasteiger partial charge is 0.358 e. The Kier molecular flexibility index (Phi) is 4.73. The van der Waals surface area contributed by atoms with E-state index in [-0.39, 0.29) is 12.3 Å². The van der Waals surface area contributed by atoms with E-state index in [1.54, 1.807) is 29.1 Å². The van der Waals surface area contributed by atoms with Crippen molar-refractivity contribution in [2.75, 3.05) is 25.6 Å². The molecule has 0 aliphatic heterocycles. The average Bonchev–Trinajstić information content (AvgIpc) is 2.93. The Labute approximate surface area is 117 Å². The number of hydrogen-bond donors (Lipinski definition) is 1. The van der Waals surface area contributed by atoms with E-state index < -0.39 is 5.97 Å². The van der Waals surface area contributed by atoms with Gasteiger partial charge >= 0.3 is 5.97 Å². The van der Waals surface area contributed by atoms with Crippen molar-refractivity contribution in [3.05, 3.63) is 42.2 Å². The van der Waals surface area contributed by atoms with E-state index >= 15 is 0 Å². The fraction of sp³-hybridized carbons (Fsp3) is 0.286. The molecule has 0 aliphatic carbocycles. The van der Waals surface area contributed by atoms with E-state index in [0.717, 1.165) is 5.69 Å². The van der Waals surface area contributed by atoms with Crippen molar-refractivity contribution in [3.63, 3.8) is 0 Å². The minimum atomic E-state index is -0.465. The first-order chi connectivity index (χ1) is 9.70. The third-order valence-electron chi connectivity index (χ3n) is 2.60. The number of rotatable bonds is 6. The molecule has 0 fully saturated rings. The van der Waals surface area contributed by atoms with Gasteiger partial charge in [-0.05, 0) is 31.2 Å². The van der Waals surface area contributed by atoms with Crippen LogP contribution in [0.1, 0.15) is 17.4 Å². The summed E-state index contributed by atoms with van der Waals surface area (Å²) in [7, 11) is 0. The van der Waals surface area contributed by atoms with Crippen LogP contribution in [0.25, 0.3) is 5.69 Å². The molecule has 0 spiro atoms. The number of aromatic nitrogens is 2. The number of nitrogens with zero attached hydrogens (tertiary/aromatic N) is 2. The molecule has 1 heterocycles. The van der Waals surface area contributed by atoms with Crippen molar-refractivity contribution in [2.45, 2.75) is 6.92 Å². The SMILES string of the molecule is CCOCCOC(=O)c1ccn(-c2cccc(N)c2)n1. The van der Waals surface area contributed by atoms with Gasteiger partial charge in [0.25, 0.3) is 0 Å². The molecular formula is C14H17N3O3. The first-order valence-corrected chi connectivity index (χ1v) is 6.37. The molecule has 0 bridgehead atoms. The van der Waals surface area contributed by atoms with Crippen molar-refractivity contribution in [1.82, 2.24) is 9.78 Å². The molecule has 0 saturated carbocycles. The number of hydrogen-bond acceptors (Lipinski definition) is 5. The molecule has 2 aromatic rings. The van der Waals surface area contributed by atoms with Gasteiger partial charge in [0.2, 0.25) is 0 Å². The summed E-state index contributed by atoms with van der Waals surface area (Å²) >= 11 is 0. The maximum Gasteiger partial charge on any atom is 0.358 e. The highest BCUT2D eigenvalue weighted by atomic mass is 16.6. The highest BCUT2D eigenvalue weighted by Crippen LogP contribution is 2.12. The van der Waals surface area contributed by atoms with Crippen LogP contribution >= 0.6 is 0 Å². The van der Waals surface area contributed by atoms with Gasteiger partial charge in [-0.3, -0.25) is 0 Å². The fourth-order valence-electron chi connectivity index (χ4n) is 1.66. The van der Waals surface area contributed by atoms with E-state index in [0.29, 0.717) is 18.9 Å². The Hall–Kier alpha value is -2.34. The monoisotopic (exact) mass is 275 g/mol. The van der Waals surface area contributed by atoms with E-state index in [4.69, 9.17) is 15.2 Å². The average molecular weight is 275 g/mol. The molecular weight excluding hydrogens is 258 g/mol. The number of benzene rings is 1. The van der Waals surface area contributed by atoms with Gasteiger partial charge in [0.1, 0.15) is 6.61 Å². The zero-order valence-electron chi connectivity index (χ0n) is 11.3. The van der Waals surface area contributed by atoms with Crippen molar-refractivity contribution < 1.29 is 14.3 Å². The molecule has 1 aromatic carbocycles. The highest BCUT2D eigenvalue weighted by Gasteiger charge is 2.11. The van der Waals surface area contributed by atoms with Gasteiger partial charge in [-0.25, -0.2) is 9.48 Å². The molecule has 0 saturated heterocycles. The van der Waals surface area contributed by atoms with Gasteiger partial charge in [-0.1, -0.05) is 6.07 Å². The van der Waals surface area contributed by atoms with Gasteiger partial charge in [0.15, 0.2) is 5.69 Å². The second-order valence-corrected chi connectivity index (χ2v) is 4.07. The first-order valence-electron chi connectivity index (χ1n) is 6.37. The van der Waals surface area contributed by atoms with E-state index in [9.17, 15) is 4.79 Å². The third kappa shape index (κ3) is 3.58. The Bertz CT molecular complexity index is 581. The lowest BCUT2D eigenvalue weighted by molar-refractivity contribution is 0.0329. The van der Waals surface area contributed by atoms with Gasteiger partial charge in [-0.2, -0.15) is 5.10 Å². The zero-order chi connectivity index (χ0) is 14.4. The first kappa shape index (κ1) is 14.1.